The Balaban J connectivity index is 1.55. The molecular formula is C21H31N3O5S. The summed E-state index contributed by atoms with van der Waals surface area (Å²) in [7, 11) is -1.97. The van der Waals surface area contributed by atoms with Gasteiger partial charge in [-0.25, -0.2) is 0 Å². The molecule has 8 nitrogen and oxygen atoms in total. The fraction of sp³-hybridized carbons (Fsp3) is 0.619. The first-order valence-electron chi connectivity index (χ1n) is 10.6. The van der Waals surface area contributed by atoms with Crippen LogP contribution in [0.5, 0.6) is 0 Å². The lowest BCUT2D eigenvalue weighted by molar-refractivity contribution is -0.117. The third-order valence-corrected chi connectivity index (χ3v) is 6.58. The lowest BCUT2D eigenvalue weighted by Gasteiger charge is -2.17. The lowest BCUT2D eigenvalue weighted by atomic mass is 10.2. The molecular weight excluding hydrogens is 406 g/mol. The second-order valence-corrected chi connectivity index (χ2v) is 9.35. The SMILES string of the molecule is CN1CCCCC/C1=N\S(=O)(=O)c1cccc(NC(=O)CCOCC2CCCO2)c1. The van der Waals surface area contributed by atoms with Crippen LogP contribution in [-0.4, -0.2) is 64.6 Å². The summed E-state index contributed by atoms with van der Waals surface area (Å²) in [5.41, 5.74) is 0.426. The Morgan fingerprint density at radius 2 is 2.17 bits per heavy atom. The van der Waals surface area contributed by atoms with Gasteiger partial charge < -0.3 is 19.7 Å². The zero-order valence-electron chi connectivity index (χ0n) is 17.5. The molecule has 0 bridgehead atoms. The summed E-state index contributed by atoms with van der Waals surface area (Å²) >= 11 is 0. The first-order chi connectivity index (χ1) is 14.4. The van der Waals surface area contributed by atoms with Gasteiger partial charge in [0.2, 0.25) is 5.91 Å². The summed E-state index contributed by atoms with van der Waals surface area (Å²) in [5.74, 6) is 0.358. The number of benzene rings is 1. The Bertz CT molecular complexity index is 850. The number of nitrogens with zero attached hydrogens (tertiary/aromatic N) is 2. The maximum atomic E-state index is 12.8. The van der Waals surface area contributed by atoms with Crippen molar-refractivity contribution >= 4 is 27.5 Å². The topological polar surface area (TPSA) is 97.3 Å². The van der Waals surface area contributed by atoms with E-state index in [4.69, 9.17) is 9.47 Å². The van der Waals surface area contributed by atoms with Gasteiger partial charge in [-0.3, -0.25) is 4.79 Å². The van der Waals surface area contributed by atoms with Crippen LogP contribution in [0.2, 0.25) is 0 Å². The molecule has 2 fully saturated rings. The average Bonchev–Trinajstić information content (AvgIpc) is 3.16. The van der Waals surface area contributed by atoms with E-state index >= 15 is 0 Å². The van der Waals surface area contributed by atoms with E-state index in [0.29, 0.717) is 31.2 Å². The number of rotatable bonds is 8. The van der Waals surface area contributed by atoms with Crippen molar-refractivity contribution in [1.29, 1.82) is 0 Å². The number of sulfonamides is 1. The van der Waals surface area contributed by atoms with Gasteiger partial charge in [-0.05, 0) is 43.9 Å². The van der Waals surface area contributed by atoms with Gasteiger partial charge in [-0.15, -0.1) is 4.40 Å². The molecule has 1 N–H and O–H groups in total. The van der Waals surface area contributed by atoms with Crippen molar-refractivity contribution in [3.05, 3.63) is 24.3 Å². The van der Waals surface area contributed by atoms with E-state index in [1.54, 1.807) is 12.1 Å². The largest absolute Gasteiger partial charge is 0.378 e. The highest BCUT2D eigenvalue weighted by atomic mass is 32.2. The minimum Gasteiger partial charge on any atom is -0.378 e. The molecule has 1 aromatic carbocycles. The van der Waals surface area contributed by atoms with Crippen molar-refractivity contribution in [2.45, 2.75) is 55.9 Å². The number of hydrogen-bond acceptors (Lipinski definition) is 5. The van der Waals surface area contributed by atoms with Crippen molar-refractivity contribution in [1.82, 2.24) is 4.90 Å². The van der Waals surface area contributed by atoms with Gasteiger partial charge >= 0.3 is 0 Å². The molecule has 2 saturated heterocycles. The molecule has 1 aromatic rings. The molecule has 9 heteroatoms. The molecule has 2 aliphatic rings. The normalized spacial score (nSPS) is 21.6. The summed E-state index contributed by atoms with van der Waals surface area (Å²) < 4.78 is 40.6. The van der Waals surface area contributed by atoms with Crippen LogP contribution in [0.3, 0.4) is 0 Å². The van der Waals surface area contributed by atoms with E-state index < -0.39 is 10.0 Å². The smallest absolute Gasteiger partial charge is 0.284 e. The van der Waals surface area contributed by atoms with Crippen molar-refractivity contribution in [3.63, 3.8) is 0 Å². The van der Waals surface area contributed by atoms with Gasteiger partial charge in [0.15, 0.2) is 0 Å². The predicted octanol–water partition coefficient (Wildman–Crippen LogP) is 2.80. The van der Waals surface area contributed by atoms with Crippen LogP contribution in [0, 0.1) is 0 Å². The number of ether oxygens (including phenoxy) is 2. The number of likely N-dealkylation sites (tertiary alicyclic amines) is 1. The van der Waals surface area contributed by atoms with E-state index in [1.807, 2.05) is 11.9 Å². The molecule has 0 spiro atoms. The quantitative estimate of drug-likeness (QED) is 0.628. The molecule has 0 aliphatic carbocycles. The summed E-state index contributed by atoms with van der Waals surface area (Å²) in [6.45, 7) is 2.37. The number of amidine groups is 1. The van der Waals surface area contributed by atoms with Gasteiger partial charge in [0.05, 0.1) is 30.6 Å². The zero-order chi connectivity index (χ0) is 21.4. The molecule has 2 heterocycles. The van der Waals surface area contributed by atoms with Crippen LogP contribution in [0.4, 0.5) is 5.69 Å². The summed E-state index contributed by atoms with van der Waals surface area (Å²) in [4.78, 5) is 14.1. The molecule has 0 aromatic heterocycles. The van der Waals surface area contributed by atoms with E-state index in [2.05, 4.69) is 9.71 Å². The van der Waals surface area contributed by atoms with E-state index in [9.17, 15) is 13.2 Å². The molecule has 30 heavy (non-hydrogen) atoms. The highest BCUT2D eigenvalue weighted by Crippen LogP contribution is 2.20. The Morgan fingerprint density at radius 1 is 1.30 bits per heavy atom. The number of hydrogen-bond donors (Lipinski definition) is 1. The summed E-state index contributed by atoms with van der Waals surface area (Å²) in [6, 6.07) is 6.21. The molecule has 1 atom stereocenters. The number of carbonyl (C=O) groups is 1. The van der Waals surface area contributed by atoms with Crippen molar-refractivity contribution in [2.75, 3.05) is 38.7 Å². The number of amides is 1. The monoisotopic (exact) mass is 437 g/mol. The van der Waals surface area contributed by atoms with E-state index in [1.165, 1.54) is 12.1 Å². The third-order valence-electron chi connectivity index (χ3n) is 5.28. The molecule has 166 valence electrons. The van der Waals surface area contributed by atoms with Crippen molar-refractivity contribution in [2.24, 2.45) is 4.40 Å². The maximum absolute atomic E-state index is 12.8. The fourth-order valence-electron chi connectivity index (χ4n) is 3.55. The van der Waals surface area contributed by atoms with Crippen molar-refractivity contribution < 1.29 is 22.7 Å². The molecule has 1 amide bonds. The molecule has 0 radical (unpaired) electrons. The molecule has 1 unspecified atom stereocenters. The minimum atomic E-state index is -3.84. The second-order valence-electron chi connectivity index (χ2n) is 7.75. The standard InChI is InChI=1S/C21H31N3O5S/c1-24-12-4-2-3-10-20(24)23-30(26,27)19-9-5-7-17(15-19)22-21(25)11-14-28-16-18-8-6-13-29-18/h5,7,9,15,18H,2-4,6,8,10-14,16H2,1H3,(H,22,25)/b23-20+. The Hall–Kier alpha value is -1.97. The summed E-state index contributed by atoms with van der Waals surface area (Å²) in [5, 5.41) is 2.73. The fourth-order valence-corrected chi connectivity index (χ4v) is 4.69. The third kappa shape index (κ3) is 6.78. The van der Waals surface area contributed by atoms with Crippen LogP contribution < -0.4 is 5.32 Å². The van der Waals surface area contributed by atoms with Crippen LogP contribution in [0.1, 0.15) is 44.9 Å². The molecule has 0 saturated carbocycles. The number of nitrogens with one attached hydrogen (secondary N) is 1. The van der Waals surface area contributed by atoms with Gasteiger partial charge in [0, 0.05) is 32.3 Å². The van der Waals surface area contributed by atoms with E-state index in [0.717, 1.165) is 45.3 Å². The predicted molar refractivity (Wildman–Crippen MR) is 115 cm³/mol. The van der Waals surface area contributed by atoms with Gasteiger partial charge in [-0.1, -0.05) is 12.5 Å². The average molecular weight is 438 g/mol. The second kappa shape index (κ2) is 10.9. The maximum Gasteiger partial charge on any atom is 0.284 e. The van der Waals surface area contributed by atoms with Gasteiger partial charge in [0.1, 0.15) is 5.84 Å². The van der Waals surface area contributed by atoms with Gasteiger partial charge in [0.25, 0.3) is 10.0 Å². The van der Waals surface area contributed by atoms with Crippen LogP contribution >= 0.6 is 0 Å². The van der Waals surface area contributed by atoms with Crippen molar-refractivity contribution in [3.8, 4) is 0 Å². The van der Waals surface area contributed by atoms with E-state index in [-0.39, 0.29) is 23.3 Å². The lowest BCUT2D eigenvalue weighted by Crippen LogP contribution is -2.26. The van der Waals surface area contributed by atoms with Gasteiger partial charge in [-0.2, -0.15) is 8.42 Å². The summed E-state index contributed by atoms with van der Waals surface area (Å²) in [6.07, 6.45) is 6.06. The highest BCUT2D eigenvalue weighted by Gasteiger charge is 2.19. The number of anilines is 1. The Kier molecular flexibility index (Phi) is 8.24. The molecule has 2 aliphatic heterocycles. The Morgan fingerprint density at radius 3 is 2.97 bits per heavy atom. The Labute approximate surface area is 178 Å². The van der Waals surface area contributed by atoms with Crippen LogP contribution in [-0.2, 0) is 24.3 Å². The first-order valence-corrected chi connectivity index (χ1v) is 12.0. The number of carbonyl (C=O) groups excluding carboxylic acids is 1. The molecule has 3 rings (SSSR count). The minimum absolute atomic E-state index is 0.0695. The highest BCUT2D eigenvalue weighted by molar-refractivity contribution is 7.90. The zero-order valence-corrected chi connectivity index (χ0v) is 18.3. The van der Waals surface area contributed by atoms with Crippen LogP contribution in [0.15, 0.2) is 33.6 Å². The van der Waals surface area contributed by atoms with Crippen LogP contribution in [0.25, 0.3) is 0 Å². The first kappa shape index (κ1) is 22.7.